The average molecular weight is 226 g/mol. The Bertz CT molecular complexity index is 377. The summed E-state index contributed by atoms with van der Waals surface area (Å²) < 4.78 is 31.6. The number of aldehydes is 1. The van der Waals surface area contributed by atoms with Crippen molar-refractivity contribution >= 4 is 6.29 Å². The van der Waals surface area contributed by atoms with Gasteiger partial charge < -0.3 is 4.74 Å². The zero-order valence-corrected chi connectivity index (χ0v) is 8.71. The van der Waals surface area contributed by atoms with Crippen molar-refractivity contribution in [1.29, 1.82) is 0 Å². The molecule has 1 aliphatic carbocycles. The molecule has 0 radical (unpaired) electrons. The number of carbonyl (C=O) groups excluding carboxylic acids is 1. The van der Waals surface area contributed by atoms with Gasteiger partial charge in [-0.25, -0.2) is 8.78 Å². The Morgan fingerprint density at radius 2 is 1.94 bits per heavy atom. The molecule has 0 atom stereocenters. The van der Waals surface area contributed by atoms with Gasteiger partial charge in [-0.2, -0.15) is 0 Å². The lowest BCUT2D eigenvalue weighted by Crippen LogP contribution is -2.19. The van der Waals surface area contributed by atoms with E-state index in [-0.39, 0.29) is 12.0 Å². The van der Waals surface area contributed by atoms with Crippen LogP contribution in [0.25, 0.3) is 0 Å². The molecule has 16 heavy (non-hydrogen) atoms. The summed E-state index contributed by atoms with van der Waals surface area (Å²) in [7, 11) is 0. The lowest BCUT2D eigenvalue weighted by molar-refractivity contribution is 0.111. The van der Waals surface area contributed by atoms with Crippen molar-refractivity contribution in [3.8, 4) is 5.75 Å². The van der Waals surface area contributed by atoms with E-state index in [1.807, 2.05) is 0 Å². The Balaban J connectivity index is 2.06. The maximum Gasteiger partial charge on any atom is 0.155 e. The molecule has 1 aromatic rings. The Hall–Kier alpha value is -1.45. The van der Waals surface area contributed by atoms with E-state index in [1.165, 1.54) is 6.42 Å². The topological polar surface area (TPSA) is 26.3 Å². The van der Waals surface area contributed by atoms with Crippen LogP contribution in [0.2, 0.25) is 0 Å². The molecular weight excluding hydrogens is 214 g/mol. The van der Waals surface area contributed by atoms with Crippen molar-refractivity contribution in [3.05, 3.63) is 29.3 Å². The first kappa shape index (κ1) is 11.0. The van der Waals surface area contributed by atoms with E-state index in [9.17, 15) is 13.6 Å². The van der Waals surface area contributed by atoms with Crippen LogP contribution in [0.1, 0.15) is 29.6 Å². The summed E-state index contributed by atoms with van der Waals surface area (Å²) in [5, 5.41) is 0. The molecule has 0 bridgehead atoms. The number of halogens is 2. The lowest BCUT2D eigenvalue weighted by Gasteiger charge is -2.25. The highest BCUT2D eigenvalue weighted by Gasteiger charge is 2.18. The third-order valence-electron chi connectivity index (χ3n) is 2.88. The van der Waals surface area contributed by atoms with Gasteiger partial charge in [-0.15, -0.1) is 0 Å². The summed E-state index contributed by atoms with van der Waals surface area (Å²) in [4.78, 5) is 10.4. The van der Waals surface area contributed by atoms with E-state index < -0.39 is 17.2 Å². The maximum absolute atomic E-state index is 13.2. The van der Waals surface area contributed by atoms with Crippen LogP contribution in [-0.4, -0.2) is 12.9 Å². The van der Waals surface area contributed by atoms with Crippen molar-refractivity contribution < 1.29 is 18.3 Å². The summed E-state index contributed by atoms with van der Waals surface area (Å²) >= 11 is 0. The molecular formula is C12H12F2O2. The first-order valence-electron chi connectivity index (χ1n) is 5.27. The standard InChI is InChI=1S/C12H12F2O2/c13-11-4-9(5-12(14)10(11)6-15)16-7-8-2-1-3-8/h4-6,8H,1-3,7H2. The molecule has 0 amide bonds. The first-order chi connectivity index (χ1) is 7.70. The van der Waals surface area contributed by atoms with E-state index in [2.05, 4.69) is 0 Å². The summed E-state index contributed by atoms with van der Waals surface area (Å²) in [5.74, 6) is -1.11. The van der Waals surface area contributed by atoms with Crippen molar-refractivity contribution in [3.63, 3.8) is 0 Å². The normalized spacial score (nSPS) is 15.6. The molecule has 0 spiro atoms. The zero-order valence-electron chi connectivity index (χ0n) is 8.71. The van der Waals surface area contributed by atoms with Crippen LogP contribution >= 0.6 is 0 Å². The molecule has 4 heteroatoms. The largest absolute Gasteiger partial charge is 0.493 e. The van der Waals surface area contributed by atoms with Crippen molar-refractivity contribution in [2.75, 3.05) is 6.61 Å². The predicted molar refractivity (Wildman–Crippen MR) is 54.6 cm³/mol. The highest BCUT2D eigenvalue weighted by molar-refractivity contribution is 5.75. The van der Waals surface area contributed by atoms with Gasteiger partial charge in [0, 0.05) is 12.1 Å². The molecule has 0 aliphatic heterocycles. The Morgan fingerprint density at radius 1 is 1.31 bits per heavy atom. The monoisotopic (exact) mass is 226 g/mol. The number of ether oxygens (including phenoxy) is 1. The molecule has 0 aromatic heterocycles. The number of rotatable bonds is 4. The zero-order chi connectivity index (χ0) is 11.5. The maximum atomic E-state index is 13.2. The van der Waals surface area contributed by atoms with Gasteiger partial charge in [0.15, 0.2) is 6.29 Å². The van der Waals surface area contributed by atoms with Crippen molar-refractivity contribution in [2.24, 2.45) is 5.92 Å². The fourth-order valence-corrected chi connectivity index (χ4v) is 1.63. The minimum Gasteiger partial charge on any atom is -0.493 e. The highest BCUT2D eigenvalue weighted by atomic mass is 19.1. The molecule has 2 rings (SSSR count). The predicted octanol–water partition coefficient (Wildman–Crippen LogP) is 2.96. The molecule has 2 nitrogen and oxygen atoms in total. The fourth-order valence-electron chi connectivity index (χ4n) is 1.63. The van der Waals surface area contributed by atoms with Gasteiger partial charge in [-0.05, 0) is 18.8 Å². The van der Waals surface area contributed by atoms with E-state index in [0.29, 0.717) is 12.5 Å². The number of benzene rings is 1. The second kappa shape index (κ2) is 4.60. The van der Waals surface area contributed by atoms with Gasteiger partial charge in [-0.3, -0.25) is 4.79 Å². The van der Waals surface area contributed by atoms with Crippen LogP contribution in [0, 0.1) is 17.6 Å². The Morgan fingerprint density at radius 3 is 2.38 bits per heavy atom. The molecule has 0 heterocycles. The molecule has 1 saturated carbocycles. The fraction of sp³-hybridized carbons (Fsp3) is 0.417. The van der Waals surface area contributed by atoms with Gasteiger partial charge in [0.25, 0.3) is 0 Å². The van der Waals surface area contributed by atoms with E-state index >= 15 is 0 Å². The van der Waals surface area contributed by atoms with Crippen LogP contribution in [-0.2, 0) is 0 Å². The summed E-state index contributed by atoms with van der Waals surface area (Å²) in [6.07, 6.45) is 3.58. The molecule has 0 N–H and O–H groups in total. The molecule has 86 valence electrons. The van der Waals surface area contributed by atoms with Gasteiger partial charge in [0.1, 0.15) is 17.4 Å². The van der Waals surface area contributed by atoms with Crippen molar-refractivity contribution in [1.82, 2.24) is 0 Å². The SMILES string of the molecule is O=Cc1c(F)cc(OCC2CCC2)cc1F. The van der Waals surface area contributed by atoms with Crippen molar-refractivity contribution in [2.45, 2.75) is 19.3 Å². The minimum absolute atomic E-state index is 0.146. The van der Waals surface area contributed by atoms with Gasteiger partial charge >= 0.3 is 0 Å². The number of hydrogen-bond acceptors (Lipinski definition) is 2. The van der Waals surface area contributed by atoms with E-state index in [0.717, 1.165) is 25.0 Å². The van der Waals surface area contributed by atoms with Gasteiger partial charge in [0.2, 0.25) is 0 Å². The van der Waals surface area contributed by atoms with Gasteiger partial charge in [-0.1, -0.05) is 6.42 Å². The molecule has 1 aromatic carbocycles. The van der Waals surface area contributed by atoms with Crippen LogP contribution in [0.15, 0.2) is 12.1 Å². The summed E-state index contributed by atoms with van der Waals surface area (Å²) in [5.41, 5.74) is -0.545. The molecule has 0 unspecified atom stereocenters. The number of hydrogen-bond donors (Lipinski definition) is 0. The molecule has 1 aliphatic rings. The lowest BCUT2D eigenvalue weighted by atomic mass is 9.86. The first-order valence-corrected chi connectivity index (χ1v) is 5.27. The molecule has 0 saturated heterocycles. The average Bonchev–Trinajstić information content (AvgIpc) is 2.15. The van der Waals surface area contributed by atoms with Crippen LogP contribution in [0.5, 0.6) is 5.75 Å². The van der Waals surface area contributed by atoms with Crippen LogP contribution < -0.4 is 4.74 Å². The summed E-state index contributed by atoms with van der Waals surface area (Å²) in [6.45, 7) is 0.485. The van der Waals surface area contributed by atoms with Crippen LogP contribution in [0.3, 0.4) is 0 Å². The highest BCUT2D eigenvalue weighted by Crippen LogP contribution is 2.27. The van der Waals surface area contributed by atoms with E-state index in [1.54, 1.807) is 0 Å². The van der Waals surface area contributed by atoms with Crippen LogP contribution in [0.4, 0.5) is 8.78 Å². The third-order valence-corrected chi connectivity index (χ3v) is 2.88. The van der Waals surface area contributed by atoms with E-state index in [4.69, 9.17) is 4.74 Å². The smallest absolute Gasteiger partial charge is 0.155 e. The Labute approximate surface area is 92.2 Å². The quantitative estimate of drug-likeness (QED) is 0.738. The minimum atomic E-state index is -0.876. The second-order valence-corrected chi connectivity index (χ2v) is 4.03. The molecule has 1 fully saturated rings. The third kappa shape index (κ3) is 2.21. The Kier molecular flexibility index (Phi) is 3.17. The van der Waals surface area contributed by atoms with Gasteiger partial charge in [0.05, 0.1) is 12.2 Å². The summed E-state index contributed by atoms with van der Waals surface area (Å²) in [6, 6.07) is 2.09. The number of carbonyl (C=O) groups is 1. The second-order valence-electron chi connectivity index (χ2n) is 4.03.